The lowest BCUT2D eigenvalue weighted by Gasteiger charge is -2.33. The zero-order chi connectivity index (χ0) is 45.9. The van der Waals surface area contributed by atoms with Crippen LogP contribution in [-0.4, -0.2) is 0 Å². The second-order valence-corrected chi connectivity index (χ2v) is 19.3. The van der Waals surface area contributed by atoms with Gasteiger partial charge in [0.2, 0.25) is 0 Å². The molecule has 330 valence electrons. The monoisotopic (exact) mass is 875 g/mol. The van der Waals surface area contributed by atoms with Gasteiger partial charge in [0.25, 0.3) is 0 Å². The summed E-state index contributed by atoms with van der Waals surface area (Å²) in [5.74, 6) is 0. The molecule has 0 N–H and O–H groups in total. The van der Waals surface area contributed by atoms with E-state index in [0.29, 0.717) is 0 Å². The lowest BCUT2D eigenvalue weighted by Crippen LogP contribution is -2.25. The first-order valence-electron chi connectivity index (χ1n) is 25.0. The summed E-state index contributed by atoms with van der Waals surface area (Å²) in [6, 6.07) is 76.0. The number of aryl methyl sites for hydroxylation is 2. The first kappa shape index (κ1) is 41.9. The molecule has 0 saturated carbocycles. The zero-order valence-corrected chi connectivity index (χ0v) is 39.7. The van der Waals surface area contributed by atoms with Gasteiger partial charge < -0.3 is 4.90 Å². The number of hydrogen-bond acceptors (Lipinski definition) is 1. The van der Waals surface area contributed by atoms with Crippen molar-refractivity contribution in [2.75, 3.05) is 4.90 Å². The molecule has 0 spiro atoms. The lowest BCUT2D eigenvalue weighted by atomic mass is 9.70. The summed E-state index contributed by atoms with van der Waals surface area (Å²) in [4.78, 5) is 2.53. The molecule has 11 aromatic carbocycles. The molecule has 1 aliphatic carbocycles. The molecule has 0 bridgehead atoms. The Morgan fingerprint density at radius 2 is 0.735 bits per heavy atom. The molecule has 0 radical (unpaired) electrons. The summed E-state index contributed by atoms with van der Waals surface area (Å²) >= 11 is 0. The molecule has 0 saturated heterocycles. The van der Waals surface area contributed by atoms with Crippen molar-refractivity contribution in [2.45, 2.75) is 71.6 Å². The van der Waals surface area contributed by atoms with E-state index in [4.69, 9.17) is 0 Å². The molecule has 0 amide bonds. The van der Waals surface area contributed by atoms with Crippen molar-refractivity contribution in [3.05, 3.63) is 222 Å². The minimum atomic E-state index is 0.0176. The predicted octanol–water partition coefficient (Wildman–Crippen LogP) is 19.5. The molecule has 1 nitrogen and oxygen atoms in total. The second kappa shape index (κ2) is 17.0. The maximum absolute atomic E-state index is 2.61. The third kappa shape index (κ3) is 6.51. The van der Waals surface area contributed by atoms with Gasteiger partial charge in [0.1, 0.15) is 0 Å². The van der Waals surface area contributed by atoms with Crippen LogP contribution in [0.2, 0.25) is 0 Å². The lowest BCUT2D eigenvalue weighted by molar-refractivity contribution is 0.414. The summed E-state index contributed by atoms with van der Waals surface area (Å²) < 4.78 is 0. The molecule has 1 heteroatoms. The van der Waals surface area contributed by atoms with E-state index >= 15 is 0 Å². The molecule has 12 rings (SSSR count). The zero-order valence-electron chi connectivity index (χ0n) is 39.7. The molecule has 0 aliphatic heterocycles. The molecule has 1 aliphatic rings. The molecule has 0 heterocycles. The Hall–Kier alpha value is -7.48. The number of nitrogens with zero attached hydrogens (tertiary/aromatic N) is 1. The van der Waals surface area contributed by atoms with E-state index in [-0.39, 0.29) is 5.41 Å². The minimum Gasteiger partial charge on any atom is -0.309 e. The van der Waals surface area contributed by atoms with Crippen LogP contribution < -0.4 is 4.90 Å². The molecule has 11 aromatic rings. The van der Waals surface area contributed by atoms with Gasteiger partial charge in [-0.05, 0) is 144 Å². The van der Waals surface area contributed by atoms with Crippen molar-refractivity contribution >= 4 is 70.9 Å². The van der Waals surface area contributed by atoms with E-state index in [9.17, 15) is 0 Å². The topological polar surface area (TPSA) is 3.24 Å². The van der Waals surface area contributed by atoms with Crippen molar-refractivity contribution < 1.29 is 0 Å². The summed E-state index contributed by atoms with van der Waals surface area (Å²) in [5, 5.41) is 12.6. The minimum absolute atomic E-state index is 0.0176. The fourth-order valence-electron chi connectivity index (χ4n) is 12.3. The highest BCUT2D eigenvalue weighted by Crippen LogP contribution is 2.56. The summed E-state index contributed by atoms with van der Waals surface area (Å²) in [6.45, 7) is 9.13. The van der Waals surface area contributed by atoms with Crippen LogP contribution in [0.25, 0.3) is 87.2 Å². The van der Waals surface area contributed by atoms with Crippen molar-refractivity contribution in [1.29, 1.82) is 0 Å². The molecule has 0 aromatic heterocycles. The van der Waals surface area contributed by atoms with Gasteiger partial charge in [-0.2, -0.15) is 0 Å². The number of rotatable bonds is 11. The SMILES string of the molecule is CCCCC1(CCCC)c2ccccc2-c2ccc(-c3c4ccccc4c(-c4ccc(N(c5ccc(C)c6ccccc56)c5ccc(C)c6ccccc56)c5ccccc45)c4ccccc34)cc21. The Balaban J connectivity index is 1.10. The average molecular weight is 876 g/mol. The summed E-state index contributed by atoms with van der Waals surface area (Å²) in [7, 11) is 0. The molecule has 0 fully saturated rings. The number of fused-ring (bicyclic) bond motifs is 8. The first-order chi connectivity index (χ1) is 33.5. The fraction of sp³-hybridized carbons (Fsp3) is 0.164. The van der Waals surface area contributed by atoms with Gasteiger partial charge in [0.05, 0.1) is 17.1 Å². The third-order valence-electron chi connectivity index (χ3n) is 15.5. The van der Waals surface area contributed by atoms with E-state index < -0.39 is 0 Å². The van der Waals surface area contributed by atoms with E-state index in [1.807, 2.05) is 0 Å². The smallest absolute Gasteiger partial charge is 0.0540 e. The number of hydrogen-bond donors (Lipinski definition) is 0. The number of unbranched alkanes of at least 4 members (excludes halogenated alkanes) is 2. The van der Waals surface area contributed by atoms with Gasteiger partial charge in [-0.15, -0.1) is 0 Å². The Kier molecular flexibility index (Phi) is 10.5. The van der Waals surface area contributed by atoms with Gasteiger partial charge in [-0.1, -0.05) is 215 Å². The van der Waals surface area contributed by atoms with Crippen LogP contribution in [0.1, 0.15) is 74.6 Å². The van der Waals surface area contributed by atoms with Crippen molar-refractivity contribution in [1.82, 2.24) is 0 Å². The van der Waals surface area contributed by atoms with E-state index in [0.717, 1.165) is 5.69 Å². The highest BCUT2D eigenvalue weighted by atomic mass is 15.1. The predicted molar refractivity (Wildman–Crippen MR) is 294 cm³/mol. The van der Waals surface area contributed by atoms with Crippen molar-refractivity contribution in [3.63, 3.8) is 0 Å². The van der Waals surface area contributed by atoms with Crippen molar-refractivity contribution in [2.24, 2.45) is 0 Å². The molecule has 68 heavy (non-hydrogen) atoms. The highest BCUT2D eigenvalue weighted by molar-refractivity contribution is 6.24. The van der Waals surface area contributed by atoms with Gasteiger partial charge in [-0.3, -0.25) is 0 Å². The maximum atomic E-state index is 2.61. The Labute approximate surface area is 401 Å². The summed E-state index contributed by atoms with van der Waals surface area (Å²) in [5.41, 5.74) is 17.1. The van der Waals surface area contributed by atoms with Gasteiger partial charge in [0, 0.05) is 21.6 Å². The number of benzene rings is 11. The normalized spacial score (nSPS) is 12.9. The molecular formula is C67H57N. The van der Waals surface area contributed by atoms with Crippen LogP contribution in [0.15, 0.2) is 200 Å². The van der Waals surface area contributed by atoms with Crippen LogP contribution in [0.3, 0.4) is 0 Å². The average Bonchev–Trinajstić information content (AvgIpc) is 3.66. The van der Waals surface area contributed by atoms with E-state index in [2.05, 4.69) is 233 Å². The van der Waals surface area contributed by atoms with Crippen LogP contribution in [0, 0.1) is 13.8 Å². The van der Waals surface area contributed by atoms with E-state index in [1.54, 1.807) is 0 Å². The van der Waals surface area contributed by atoms with Gasteiger partial charge >= 0.3 is 0 Å². The van der Waals surface area contributed by atoms with Crippen LogP contribution in [0.5, 0.6) is 0 Å². The molecule has 0 atom stereocenters. The molecule has 0 unspecified atom stereocenters. The highest BCUT2D eigenvalue weighted by Gasteiger charge is 2.42. The van der Waals surface area contributed by atoms with E-state index in [1.165, 1.54) is 159 Å². The van der Waals surface area contributed by atoms with Gasteiger partial charge in [0.15, 0.2) is 0 Å². The Morgan fingerprint density at radius 3 is 1.26 bits per heavy atom. The summed E-state index contributed by atoms with van der Waals surface area (Å²) in [6.07, 6.45) is 7.19. The van der Waals surface area contributed by atoms with Crippen molar-refractivity contribution in [3.8, 4) is 33.4 Å². The third-order valence-corrected chi connectivity index (χ3v) is 15.5. The Morgan fingerprint density at radius 1 is 0.338 bits per heavy atom. The fourth-order valence-corrected chi connectivity index (χ4v) is 12.3. The Bertz CT molecular complexity index is 3610. The standard InChI is InChI=1S/C67H57N/c1-5-7-41-67(42-8-6-2)60-32-20-19-24-50(60)51-36-35-46(43-61(51)67)65-55-28-15-17-30-57(55)66(58-31-18-16-29-56(58)65)59-37-40-64(54-27-14-11-23-49(54)59)68(62-38-33-44(3)47-21-9-12-25-52(47)62)63-39-34-45(4)48-22-10-13-26-53(48)63/h9-40,43H,5-8,41-42H2,1-4H3. The second-order valence-electron chi connectivity index (χ2n) is 19.3. The maximum Gasteiger partial charge on any atom is 0.0540 e. The number of anilines is 3. The van der Waals surface area contributed by atoms with Crippen LogP contribution in [-0.2, 0) is 5.41 Å². The largest absolute Gasteiger partial charge is 0.309 e. The van der Waals surface area contributed by atoms with Crippen LogP contribution >= 0.6 is 0 Å². The molecular weight excluding hydrogens is 819 g/mol. The van der Waals surface area contributed by atoms with Gasteiger partial charge in [-0.25, -0.2) is 0 Å². The first-order valence-corrected chi connectivity index (χ1v) is 25.0. The quantitative estimate of drug-likeness (QED) is 0.117. The van der Waals surface area contributed by atoms with Crippen LogP contribution in [0.4, 0.5) is 17.1 Å².